The van der Waals surface area contributed by atoms with Gasteiger partial charge in [-0.15, -0.1) is 16.4 Å². The van der Waals surface area contributed by atoms with Gasteiger partial charge in [0.05, 0.1) is 29.1 Å². The molecule has 1 aliphatic rings. The van der Waals surface area contributed by atoms with Gasteiger partial charge < -0.3 is 5.32 Å². The second-order valence-corrected chi connectivity index (χ2v) is 5.48. The van der Waals surface area contributed by atoms with E-state index in [0.29, 0.717) is 12.6 Å². The molecule has 0 bridgehead atoms. The second-order valence-electron chi connectivity index (χ2n) is 4.42. The molecule has 2 aromatic heterocycles. The van der Waals surface area contributed by atoms with Crippen molar-refractivity contribution in [2.75, 3.05) is 0 Å². The molecule has 5 nitrogen and oxygen atoms in total. The standard InChI is InChI=1S/C11H15N5S/c1-8-13-11(7-17-8)6-16-5-10(14-15-16)4-12-9-2-3-9/h5,7,9,12H,2-4,6H2,1H3. The molecule has 0 aromatic carbocycles. The quantitative estimate of drug-likeness (QED) is 0.869. The summed E-state index contributed by atoms with van der Waals surface area (Å²) < 4.78 is 1.85. The minimum atomic E-state index is 0.709. The summed E-state index contributed by atoms with van der Waals surface area (Å²) in [6, 6.07) is 0.710. The van der Waals surface area contributed by atoms with E-state index in [1.807, 2.05) is 17.8 Å². The van der Waals surface area contributed by atoms with Gasteiger partial charge in [-0.05, 0) is 19.8 Å². The molecule has 17 heavy (non-hydrogen) atoms. The number of aryl methyl sites for hydroxylation is 1. The van der Waals surface area contributed by atoms with E-state index in [2.05, 4.69) is 26.0 Å². The summed E-state index contributed by atoms with van der Waals surface area (Å²) >= 11 is 1.67. The van der Waals surface area contributed by atoms with Gasteiger partial charge in [0.2, 0.25) is 0 Å². The number of nitrogens with one attached hydrogen (secondary N) is 1. The number of rotatable bonds is 5. The Labute approximate surface area is 104 Å². The van der Waals surface area contributed by atoms with Crippen LogP contribution in [0.4, 0.5) is 0 Å². The van der Waals surface area contributed by atoms with Crippen LogP contribution in [-0.2, 0) is 13.1 Å². The molecule has 1 aliphatic carbocycles. The minimum Gasteiger partial charge on any atom is -0.308 e. The van der Waals surface area contributed by atoms with Crippen LogP contribution in [-0.4, -0.2) is 26.0 Å². The molecule has 1 fully saturated rings. The zero-order valence-electron chi connectivity index (χ0n) is 9.76. The normalized spacial score (nSPS) is 15.4. The first-order valence-electron chi connectivity index (χ1n) is 5.83. The van der Waals surface area contributed by atoms with Crippen molar-refractivity contribution in [2.45, 2.75) is 38.9 Å². The highest BCUT2D eigenvalue weighted by molar-refractivity contribution is 7.09. The summed E-state index contributed by atoms with van der Waals surface area (Å²) in [6.45, 7) is 3.54. The van der Waals surface area contributed by atoms with Crippen molar-refractivity contribution in [1.29, 1.82) is 0 Å². The molecule has 0 spiro atoms. The van der Waals surface area contributed by atoms with Crippen molar-refractivity contribution in [2.24, 2.45) is 0 Å². The van der Waals surface area contributed by atoms with E-state index < -0.39 is 0 Å². The Bertz CT molecular complexity index is 499. The van der Waals surface area contributed by atoms with Crippen molar-refractivity contribution < 1.29 is 0 Å². The monoisotopic (exact) mass is 249 g/mol. The Morgan fingerprint density at radius 2 is 2.35 bits per heavy atom. The van der Waals surface area contributed by atoms with E-state index in [1.165, 1.54) is 12.8 Å². The average Bonchev–Trinajstić information content (AvgIpc) is 2.90. The van der Waals surface area contributed by atoms with Crippen LogP contribution >= 0.6 is 11.3 Å². The molecule has 1 N–H and O–H groups in total. The van der Waals surface area contributed by atoms with Crippen molar-refractivity contribution in [3.05, 3.63) is 28.0 Å². The number of hydrogen-bond donors (Lipinski definition) is 1. The van der Waals surface area contributed by atoms with E-state index in [4.69, 9.17) is 0 Å². The van der Waals surface area contributed by atoms with E-state index in [9.17, 15) is 0 Å². The van der Waals surface area contributed by atoms with Crippen LogP contribution in [0.1, 0.15) is 29.2 Å². The summed E-state index contributed by atoms with van der Waals surface area (Å²) in [5.74, 6) is 0. The summed E-state index contributed by atoms with van der Waals surface area (Å²) in [5.41, 5.74) is 2.06. The maximum absolute atomic E-state index is 4.41. The van der Waals surface area contributed by atoms with E-state index in [1.54, 1.807) is 11.3 Å². The Balaban J connectivity index is 1.59. The number of hydrogen-bond acceptors (Lipinski definition) is 5. The second kappa shape index (κ2) is 4.54. The SMILES string of the molecule is Cc1nc(Cn2cc(CNC3CC3)nn2)cs1. The lowest BCUT2D eigenvalue weighted by Gasteiger charge is -1.97. The number of thiazole rings is 1. The fourth-order valence-electron chi connectivity index (χ4n) is 1.68. The van der Waals surface area contributed by atoms with E-state index in [0.717, 1.165) is 22.9 Å². The van der Waals surface area contributed by atoms with Gasteiger partial charge in [0, 0.05) is 18.0 Å². The van der Waals surface area contributed by atoms with Gasteiger partial charge in [0.1, 0.15) is 0 Å². The molecule has 2 heterocycles. The molecule has 90 valence electrons. The zero-order valence-corrected chi connectivity index (χ0v) is 10.6. The first-order valence-corrected chi connectivity index (χ1v) is 6.71. The van der Waals surface area contributed by atoms with Crippen molar-refractivity contribution in [1.82, 2.24) is 25.3 Å². The maximum Gasteiger partial charge on any atom is 0.0965 e. The Morgan fingerprint density at radius 3 is 3.06 bits per heavy atom. The predicted octanol–water partition coefficient (Wildman–Crippen LogP) is 1.34. The fourth-order valence-corrected chi connectivity index (χ4v) is 2.28. The van der Waals surface area contributed by atoms with Gasteiger partial charge in [-0.2, -0.15) is 0 Å². The molecule has 0 radical (unpaired) electrons. The van der Waals surface area contributed by atoms with Crippen LogP contribution in [0.2, 0.25) is 0 Å². The highest BCUT2D eigenvalue weighted by atomic mass is 32.1. The summed E-state index contributed by atoms with van der Waals surface area (Å²) in [7, 11) is 0. The third-order valence-corrected chi connectivity index (χ3v) is 3.55. The summed E-state index contributed by atoms with van der Waals surface area (Å²) in [6.07, 6.45) is 4.59. The summed E-state index contributed by atoms with van der Waals surface area (Å²) in [5, 5.41) is 14.8. The Morgan fingerprint density at radius 1 is 1.47 bits per heavy atom. The molecular formula is C11H15N5S. The summed E-state index contributed by atoms with van der Waals surface area (Å²) in [4.78, 5) is 4.41. The van der Waals surface area contributed by atoms with Crippen molar-refractivity contribution >= 4 is 11.3 Å². The van der Waals surface area contributed by atoms with Gasteiger partial charge in [0.15, 0.2) is 0 Å². The van der Waals surface area contributed by atoms with Gasteiger partial charge >= 0.3 is 0 Å². The first-order chi connectivity index (χ1) is 8.29. The lowest BCUT2D eigenvalue weighted by Crippen LogP contribution is -2.15. The highest BCUT2D eigenvalue weighted by Crippen LogP contribution is 2.18. The molecule has 2 aromatic rings. The van der Waals surface area contributed by atoms with Gasteiger partial charge in [-0.3, -0.25) is 0 Å². The molecule has 3 rings (SSSR count). The van der Waals surface area contributed by atoms with Crippen LogP contribution in [0.15, 0.2) is 11.6 Å². The Hall–Kier alpha value is -1.27. The van der Waals surface area contributed by atoms with Gasteiger partial charge in [-0.25, -0.2) is 9.67 Å². The molecule has 6 heteroatoms. The van der Waals surface area contributed by atoms with Crippen molar-refractivity contribution in [3.63, 3.8) is 0 Å². The molecule has 0 saturated heterocycles. The Kier molecular flexibility index (Phi) is 2.90. The smallest absolute Gasteiger partial charge is 0.0965 e. The average molecular weight is 249 g/mol. The third-order valence-electron chi connectivity index (χ3n) is 2.73. The van der Waals surface area contributed by atoms with Crippen LogP contribution in [0, 0.1) is 6.92 Å². The predicted molar refractivity (Wildman–Crippen MR) is 65.8 cm³/mol. The third kappa shape index (κ3) is 2.89. The number of aromatic nitrogens is 4. The zero-order chi connectivity index (χ0) is 11.7. The van der Waals surface area contributed by atoms with Crippen LogP contribution < -0.4 is 5.32 Å². The van der Waals surface area contributed by atoms with E-state index >= 15 is 0 Å². The largest absolute Gasteiger partial charge is 0.308 e. The molecule has 0 amide bonds. The molecule has 0 aliphatic heterocycles. The molecule has 1 saturated carbocycles. The minimum absolute atomic E-state index is 0.709. The van der Waals surface area contributed by atoms with Crippen molar-refractivity contribution in [3.8, 4) is 0 Å². The van der Waals surface area contributed by atoms with Gasteiger partial charge in [0.25, 0.3) is 0 Å². The van der Waals surface area contributed by atoms with Crippen LogP contribution in [0.3, 0.4) is 0 Å². The van der Waals surface area contributed by atoms with Gasteiger partial charge in [-0.1, -0.05) is 5.21 Å². The first kappa shape index (κ1) is 10.9. The topological polar surface area (TPSA) is 55.6 Å². The molecule has 0 unspecified atom stereocenters. The highest BCUT2D eigenvalue weighted by Gasteiger charge is 2.20. The molecule has 0 atom stereocenters. The van der Waals surface area contributed by atoms with Crippen LogP contribution in [0.5, 0.6) is 0 Å². The molecular weight excluding hydrogens is 234 g/mol. The lowest BCUT2D eigenvalue weighted by atomic mass is 10.4. The maximum atomic E-state index is 4.41. The lowest BCUT2D eigenvalue weighted by molar-refractivity contribution is 0.638. The van der Waals surface area contributed by atoms with E-state index in [-0.39, 0.29) is 0 Å². The number of nitrogens with zero attached hydrogens (tertiary/aromatic N) is 4. The fraction of sp³-hybridized carbons (Fsp3) is 0.545. The van der Waals surface area contributed by atoms with Crippen LogP contribution in [0.25, 0.3) is 0 Å².